The Morgan fingerprint density at radius 2 is 1.87 bits per heavy atom. The number of sulfonamides is 1. The molecule has 208 valence electrons. The van der Waals surface area contributed by atoms with Crippen LogP contribution in [0.5, 0.6) is 0 Å². The average Bonchev–Trinajstić information content (AvgIpc) is 3.33. The lowest BCUT2D eigenvalue weighted by atomic mass is 10.2. The van der Waals surface area contributed by atoms with Gasteiger partial charge in [-0.3, -0.25) is 9.52 Å². The molecule has 1 unspecified atom stereocenters. The molecule has 3 aromatic rings. The molecular formula is C24H25F4N7O3S. The van der Waals surface area contributed by atoms with Crippen molar-refractivity contribution in [2.45, 2.75) is 32.2 Å². The first kappa shape index (κ1) is 28.0. The quantitative estimate of drug-likeness (QED) is 0.329. The van der Waals surface area contributed by atoms with Crippen molar-refractivity contribution in [1.82, 2.24) is 19.9 Å². The Kier molecular flexibility index (Phi) is 8.18. The maximum absolute atomic E-state index is 13.6. The van der Waals surface area contributed by atoms with Crippen LogP contribution in [0.3, 0.4) is 0 Å². The Balaban J connectivity index is 1.51. The van der Waals surface area contributed by atoms with E-state index >= 15 is 0 Å². The first-order chi connectivity index (χ1) is 18.4. The second-order valence-electron chi connectivity index (χ2n) is 8.66. The number of alkyl halides is 4. The number of rotatable bonds is 9. The third-order valence-electron chi connectivity index (χ3n) is 5.87. The normalized spacial score (nSPS) is 15.7. The molecular weight excluding hydrogens is 542 g/mol. The van der Waals surface area contributed by atoms with E-state index in [1.54, 1.807) is 0 Å². The maximum Gasteiger partial charge on any atom is 0.421 e. The minimum atomic E-state index is -4.77. The van der Waals surface area contributed by atoms with E-state index in [9.17, 15) is 30.8 Å². The van der Waals surface area contributed by atoms with Gasteiger partial charge in [0.1, 0.15) is 23.4 Å². The van der Waals surface area contributed by atoms with Gasteiger partial charge >= 0.3 is 6.18 Å². The van der Waals surface area contributed by atoms with Gasteiger partial charge in [-0.25, -0.2) is 22.8 Å². The summed E-state index contributed by atoms with van der Waals surface area (Å²) in [7, 11) is -3.66. The topological polar surface area (TPSA) is 129 Å². The molecule has 1 amide bonds. The van der Waals surface area contributed by atoms with Crippen LogP contribution in [0.4, 0.5) is 40.8 Å². The molecule has 1 aliphatic heterocycles. The Morgan fingerprint density at radius 1 is 1.13 bits per heavy atom. The lowest BCUT2D eigenvalue weighted by molar-refractivity contribution is -0.137. The molecule has 1 fully saturated rings. The van der Waals surface area contributed by atoms with Crippen molar-refractivity contribution in [3.05, 3.63) is 65.5 Å². The standard InChI is InChI=1S/C24H25F4N7O3S/c1-2-39(37,38)34-20-16(4-3-10-29-20)12-30-21-19(24(26,27)28)13-31-23(33-21)32-18-7-5-15(6-8-18)22(36)35-11-9-17(25)14-35/h3-8,10,13,17H,2,9,11-12,14H2,1H3,(H,29,34)(H2,30,31,32,33). The highest BCUT2D eigenvalue weighted by molar-refractivity contribution is 7.92. The summed E-state index contributed by atoms with van der Waals surface area (Å²) in [6, 6.07) is 9.13. The summed E-state index contributed by atoms with van der Waals surface area (Å²) in [6.45, 7) is 1.59. The monoisotopic (exact) mass is 567 g/mol. The Hall–Kier alpha value is -4.01. The van der Waals surface area contributed by atoms with Crippen LogP contribution in [0.1, 0.15) is 34.8 Å². The van der Waals surface area contributed by atoms with Gasteiger partial charge in [0.2, 0.25) is 16.0 Å². The molecule has 0 radical (unpaired) electrons. The zero-order valence-corrected chi connectivity index (χ0v) is 21.5. The van der Waals surface area contributed by atoms with E-state index in [2.05, 4.69) is 30.3 Å². The van der Waals surface area contributed by atoms with E-state index in [1.807, 2.05) is 0 Å². The van der Waals surface area contributed by atoms with E-state index in [1.165, 1.54) is 54.4 Å². The number of hydrogen-bond acceptors (Lipinski definition) is 8. The molecule has 3 N–H and O–H groups in total. The highest BCUT2D eigenvalue weighted by atomic mass is 32.2. The van der Waals surface area contributed by atoms with Gasteiger partial charge < -0.3 is 15.5 Å². The molecule has 1 atom stereocenters. The molecule has 0 bridgehead atoms. The number of amides is 1. The van der Waals surface area contributed by atoms with E-state index in [0.29, 0.717) is 36.0 Å². The van der Waals surface area contributed by atoms with Gasteiger partial charge in [0.05, 0.1) is 12.3 Å². The highest BCUT2D eigenvalue weighted by Crippen LogP contribution is 2.34. The van der Waals surface area contributed by atoms with Crippen LogP contribution in [-0.2, 0) is 22.7 Å². The molecule has 39 heavy (non-hydrogen) atoms. The summed E-state index contributed by atoms with van der Waals surface area (Å²) in [5, 5.41) is 5.39. The molecule has 0 spiro atoms. The molecule has 0 aliphatic carbocycles. The minimum absolute atomic E-state index is 0.0154. The molecule has 0 saturated carbocycles. The summed E-state index contributed by atoms with van der Waals surface area (Å²) in [5.74, 6) is -1.22. The van der Waals surface area contributed by atoms with Crippen LogP contribution in [0.25, 0.3) is 0 Å². The molecule has 4 rings (SSSR count). The van der Waals surface area contributed by atoms with Crippen molar-refractivity contribution in [3.63, 3.8) is 0 Å². The first-order valence-electron chi connectivity index (χ1n) is 11.9. The van der Waals surface area contributed by atoms with Crippen molar-refractivity contribution in [3.8, 4) is 0 Å². The number of likely N-dealkylation sites (tertiary alicyclic amines) is 1. The molecule has 15 heteroatoms. The number of nitrogens with zero attached hydrogens (tertiary/aromatic N) is 4. The second kappa shape index (κ2) is 11.4. The second-order valence-corrected chi connectivity index (χ2v) is 10.7. The Morgan fingerprint density at radius 3 is 2.51 bits per heavy atom. The van der Waals surface area contributed by atoms with Crippen molar-refractivity contribution < 1.29 is 30.8 Å². The third-order valence-corrected chi connectivity index (χ3v) is 7.13. The number of benzene rings is 1. The fraction of sp³-hybridized carbons (Fsp3) is 0.333. The van der Waals surface area contributed by atoms with E-state index in [-0.39, 0.29) is 36.5 Å². The summed E-state index contributed by atoms with van der Waals surface area (Å²) in [4.78, 5) is 25.6. The van der Waals surface area contributed by atoms with E-state index in [4.69, 9.17) is 0 Å². The van der Waals surface area contributed by atoms with Crippen LogP contribution in [0.2, 0.25) is 0 Å². The summed E-state index contributed by atoms with van der Waals surface area (Å²) in [5.41, 5.74) is -0.0691. The first-order valence-corrected chi connectivity index (χ1v) is 13.5. The largest absolute Gasteiger partial charge is 0.421 e. The summed E-state index contributed by atoms with van der Waals surface area (Å²) < 4.78 is 80.6. The zero-order valence-electron chi connectivity index (χ0n) is 20.7. The van der Waals surface area contributed by atoms with Crippen molar-refractivity contribution in [1.29, 1.82) is 0 Å². The van der Waals surface area contributed by atoms with Crippen LogP contribution >= 0.6 is 0 Å². The molecule has 10 nitrogen and oxygen atoms in total. The molecule has 2 aromatic heterocycles. The van der Waals surface area contributed by atoms with Crippen molar-refractivity contribution in [2.24, 2.45) is 0 Å². The van der Waals surface area contributed by atoms with E-state index < -0.39 is 33.8 Å². The minimum Gasteiger partial charge on any atom is -0.365 e. The number of carbonyl (C=O) groups is 1. The number of anilines is 4. The van der Waals surface area contributed by atoms with Gasteiger partial charge in [0.15, 0.2) is 0 Å². The predicted octanol–water partition coefficient (Wildman–Crippen LogP) is 4.19. The Bertz CT molecular complexity index is 1440. The lowest BCUT2D eigenvalue weighted by Crippen LogP contribution is -2.28. The fourth-order valence-corrected chi connectivity index (χ4v) is 4.39. The molecule has 1 saturated heterocycles. The number of nitrogens with one attached hydrogen (secondary N) is 3. The number of carbonyl (C=O) groups excluding carboxylic acids is 1. The summed E-state index contributed by atoms with van der Waals surface area (Å²) in [6.07, 6.45) is -3.53. The van der Waals surface area contributed by atoms with Crippen molar-refractivity contribution >= 4 is 39.2 Å². The summed E-state index contributed by atoms with van der Waals surface area (Å²) >= 11 is 0. The van der Waals surface area contributed by atoms with Crippen molar-refractivity contribution in [2.75, 3.05) is 34.2 Å². The highest BCUT2D eigenvalue weighted by Gasteiger charge is 2.35. The third kappa shape index (κ3) is 7.10. The fourth-order valence-electron chi connectivity index (χ4n) is 3.77. The number of hydrogen-bond donors (Lipinski definition) is 3. The zero-order chi connectivity index (χ0) is 28.2. The number of aromatic nitrogens is 3. The van der Waals surface area contributed by atoms with Crippen LogP contribution < -0.4 is 15.4 Å². The number of halogens is 4. The van der Waals surface area contributed by atoms with Gasteiger partial charge in [-0.2, -0.15) is 18.2 Å². The SMILES string of the molecule is CCS(=O)(=O)Nc1ncccc1CNc1nc(Nc2ccc(C(=O)N3CCC(F)C3)cc2)ncc1C(F)(F)F. The van der Waals surface area contributed by atoms with Gasteiger partial charge in [-0.05, 0) is 43.7 Å². The van der Waals surface area contributed by atoms with Gasteiger partial charge in [-0.15, -0.1) is 0 Å². The van der Waals surface area contributed by atoms with Gasteiger partial charge in [0, 0.05) is 42.3 Å². The van der Waals surface area contributed by atoms with Gasteiger partial charge in [0.25, 0.3) is 5.91 Å². The maximum atomic E-state index is 13.6. The molecule has 1 aromatic carbocycles. The van der Waals surface area contributed by atoms with Crippen LogP contribution in [0.15, 0.2) is 48.8 Å². The smallest absolute Gasteiger partial charge is 0.365 e. The van der Waals surface area contributed by atoms with E-state index in [0.717, 1.165) is 0 Å². The molecule has 1 aliphatic rings. The Labute approximate surface area is 221 Å². The van der Waals surface area contributed by atoms with Gasteiger partial charge in [-0.1, -0.05) is 6.07 Å². The van der Waals surface area contributed by atoms with Crippen LogP contribution in [0, 0.1) is 0 Å². The van der Waals surface area contributed by atoms with Crippen LogP contribution in [-0.4, -0.2) is 59.2 Å². The average molecular weight is 568 g/mol. The lowest BCUT2D eigenvalue weighted by Gasteiger charge is -2.17. The molecule has 3 heterocycles. The predicted molar refractivity (Wildman–Crippen MR) is 137 cm³/mol. The number of pyridine rings is 1.